The molecule has 1 amide bonds. The van der Waals surface area contributed by atoms with Crippen molar-refractivity contribution in [3.8, 4) is 17.2 Å². The Morgan fingerprint density at radius 3 is 2.40 bits per heavy atom. The average molecular weight is 341 g/mol. The third-order valence-electron chi connectivity index (χ3n) is 4.77. The maximum Gasteiger partial charge on any atom is 0.219 e. The van der Waals surface area contributed by atoms with E-state index in [1.54, 1.807) is 33.3 Å². The van der Waals surface area contributed by atoms with E-state index >= 15 is 0 Å². The first-order chi connectivity index (χ1) is 12.0. The fraction of sp³-hybridized carbons (Fsp3) is 0.350. The number of amides is 1. The number of phenolic OH excluding ortho intramolecular Hbond substituents is 1. The second-order valence-corrected chi connectivity index (χ2v) is 6.25. The van der Waals surface area contributed by atoms with E-state index in [0.29, 0.717) is 24.5 Å². The Morgan fingerprint density at radius 2 is 1.80 bits per heavy atom. The van der Waals surface area contributed by atoms with Crippen molar-refractivity contribution in [3.05, 3.63) is 53.1 Å². The van der Waals surface area contributed by atoms with Gasteiger partial charge in [-0.2, -0.15) is 0 Å². The molecule has 1 atom stereocenters. The predicted octanol–water partition coefficient (Wildman–Crippen LogP) is 3.10. The van der Waals surface area contributed by atoms with Crippen molar-refractivity contribution in [2.45, 2.75) is 25.8 Å². The molecule has 1 N–H and O–H groups in total. The number of carbonyl (C=O) groups is 1. The predicted molar refractivity (Wildman–Crippen MR) is 95.2 cm³/mol. The second-order valence-electron chi connectivity index (χ2n) is 6.25. The quantitative estimate of drug-likeness (QED) is 0.928. The number of fused-ring (bicyclic) bond motifs is 1. The number of hydrogen-bond acceptors (Lipinski definition) is 4. The Kier molecular flexibility index (Phi) is 4.83. The van der Waals surface area contributed by atoms with Gasteiger partial charge in [0.15, 0.2) is 11.5 Å². The van der Waals surface area contributed by atoms with Crippen LogP contribution in [-0.4, -0.2) is 36.7 Å². The highest BCUT2D eigenvalue weighted by molar-refractivity contribution is 5.74. The zero-order valence-electron chi connectivity index (χ0n) is 14.8. The minimum Gasteiger partial charge on any atom is -0.508 e. The molecule has 0 spiro atoms. The van der Waals surface area contributed by atoms with E-state index in [1.807, 2.05) is 29.2 Å². The van der Waals surface area contributed by atoms with Crippen LogP contribution >= 0.6 is 0 Å². The van der Waals surface area contributed by atoms with Gasteiger partial charge in [0.2, 0.25) is 5.91 Å². The molecule has 132 valence electrons. The van der Waals surface area contributed by atoms with E-state index in [2.05, 4.69) is 0 Å². The van der Waals surface area contributed by atoms with Gasteiger partial charge in [0.05, 0.1) is 20.3 Å². The summed E-state index contributed by atoms with van der Waals surface area (Å²) in [7, 11) is 3.24. The van der Waals surface area contributed by atoms with Crippen molar-refractivity contribution in [2.75, 3.05) is 20.8 Å². The van der Waals surface area contributed by atoms with Crippen LogP contribution in [0.4, 0.5) is 0 Å². The molecule has 0 saturated carbocycles. The lowest BCUT2D eigenvalue weighted by Gasteiger charge is -2.37. The highest BCUT2D eigenvalue weighted by atomic mass is 16.5. The average Bonchev–Trinajstić information content (AvgIpc) is 2.62. The minimum absolute atomic E-state index is 0.0595. The number of hydrogen-bond donors (Lipinski definition) is 1. The van der Waals surface area contributed by atoms with Gasteiger partial charge in [0.1, 0.15) is 5.75 Å². The molecule has 0 radical (unpaired) electrons. The smallest absolute Gasteiger partial charge is 0.219 e. The molecule has 5 nitrogen and oxygen atoms in total. The monoisotopic (exact) mass is 341 g/mol. The maximum absolute atomic E-state index is 12.2. The van der Waals surface area contributed by atoms with E-state index in [4.69, 9.17) is 9.47 Å². The molecule has 1 aliphatic rings. The number of nitrogens with zero attached hydrogens (tertiary/aromatic N) is 1. The fourth-order valence-electron chi connectivity index (χ4n) is 3.48. The lowest BCUT2D eigenvalue weighted by Crippen LogP contribution is -2.39. The number of rotatable bonds is 4. The summed E-state index contributed by atoms with van der Waals surface area (Å²) in [6, 6.07) is 11.1. The number of ether oxygens (including phenoxy) is 2. The minimum atomic E-state index is -0.0643. The molecule has 1 aliphatic heterocycles. The number of methoxy groups -OCH3 is 2. The molecule has 0 aromatic heterocycles. The topological polar surface area (TPSA) is 59.0 Å². The van der Waals surface area contributed by atoms with Crippen LogP contribution in [0.25, 0.3) is 0 Å². The fourth-order valence-corrected chi connectivity index (χ4v) is 3.48. The van der Waals surface area contributed by atoms with Crippen LogP contribution in [-0.2, 0) is 17.6 Å². The van der Waals surface area contributed by atoms with Crippen molar-refractivity contribution in [1.29, 1.82) is 0 Å². The molecule has 0 aliphatic carbocycles. The molecule has 1 heterocycles. The van der Waals surface area contributed by atoms with Crippen LogP contribution in [0.15, 0.2) is 36.4 Å². The lowest BCUT2D eigenvalue weighted by molar-refractivity contribution is -0.131. The van der Waals surface area contributed by atoms with E-state index < -0.39 is 0 Å². The second kappa shape index (κ2) is 7.05. The van der Waals surface area contributed by atoms with Crippen LogP contribution in [0.1, 0.15) is 29.7 Å². The van der Waals surface area contributed by atoms with Crippen molar-refractivity contribution in [3.63, 3.8) is 0 Å². The number of aromatic hydroxyl groups is 1. The number of phenols is 1. The molecule has 1 unspecified atom stereocenters. The van der Waals surface area contributed by atoms with Crippen molar-refractivity contribution in [2.24, 2.45) is 0 Å². The molecule has 0 fully saturated rings. The van der Waals surface area contributed by atoms with Crippen molar-refractivity contribution in [1.82, 2.24) is 4.90 Å². The van der Waals surface area contributed by atoms with Crippen molar-refractivity contribution >= 4 is 5.91 Å². The van der Waals surface area contributed by atoms with Crippen LogP contribution < -0.4 is 9.47 Å². The summed E-state index contributed by atoms with van der Waals surface area (Å²) in [6.45, 7) is 2.29. The third kappa shape index (κ3) is 3.40. The molecule has 2 aromatic carbocycles. The molecular formula is C20H23NO4. The molecule has 0 bridgehead atoms. The molecule has 3 rings (SSSR count). The number of carbonyl (C=O) groups excluding carboxylic acids is 1. The summed E-state index contributed by atoms with van der Waals surface area (Å²) in [5.74, 6) is 1.68. The molecule has 25 heavy (non-hydrogen) atoms. The Morgan fingerprint density at radius 1 is 1.16 bits per heavy atom. The normalized spacial score (nSPS) is 16.3. The summed E-state index contributed by atoms with van der Waals surface area (Å²) >= 11 is 0. The first-order valence-electron chi connectivity index (χ1n) is 8.33. The number of benzene rings is 2. The van der Waals surface area contributed by atoms with Gasteiger partial charge in [0, 0.05) is 13.5 Å². The van der Waals surface area contributed by atoms with E-state index in [9.17, 15) is 9.90 Å². The van der Waals surface area contributed by atoms with Gasteiger partial charge in [-0.15, -0.1) is 0 Å². The van der Waals surface area contributed by atoms with Gasteiger partial charge in [-0.05, 0) is 53.8 Å². The molecular weight excluding hydrogens is 318 g/mol. The van der Waals surface area contributed by atoms with Gasteiger partial charge in [-0.1, -0.05) is 12.1 Å². The van der Waals surface area contributed by atoms with Crippen LogP contribution in [0.3, 0.4) is 0 Å². The Hall–Kier alpha value is -2.69. The lowest BCUT2D eigenvalue weighted by atomic mass is 9.88. The zero-order valence-corrected chi connectivity index (χ0v) is 14.8. The van der Waals surface area contributed by atoms with Crippen LogP contribution in [0.5, 0.6) is 17.2 Å². The summed E-state index contributed by atoms with van der Waals surface area (Å²) in [5, 5.41) is 9.49. The van der Waals surface area contributed by atoms with Crippen molar-refractivity contribution < 1.29 is 19.4 Å². The highest BCUT2D eigenvalue weighted by Crippen LogP contribution is 2.39. The first-order valence-corrected chi connectivity index (χ1v) is 8.33. The summed E-state index contributed by atoms with van der Waals surface area (Å²) in [6.07, 6.45) is 1.48. The van der Waals surface area contributed by atoms with E-state index in [0.717, 1.165) is 17.5 Å². The third-order valence-corrected chi connectivity index (χ3v) is 4.77. The Labute approximate surface area is 147 Å². The largest absolute Gasteiger partial charge is 0.508 e. The Bertz CT molecular complexity index is 770. The van der Waals surface area contributed by atoms with Gasteiger partial charge in [0.25, 0.3) is 0 Å². The standard InChI is InChI=1S/C20H23NO4/c1-13(22)21-9-8-15-11-19(24-2)20(25-3)12-17(15)18(21)10-14-4-6-16(23)7-5-14/h4-7,11-12,18,23H,8-10H2,1-3H3. The van der Waals surface area contributed by atoms with Crippen LogP contribution in [0.2, 0.25) is 0 Å². The SMILES string of the molecule is COc1cc2c(cc1OC)C(Cc1ccc(O)cc1)N(C(C)=O)CC2. The van der Waals surface area contributed by atoms with E-state index in [-0.39, 0.29) is 17.7 Å². The maximum atomic E-state index is 12.2. The first kappa shape index (κ1) is 17.1. The molecule has 2 aromatic rings. The van der Waals surface area contributed by atoms with Gasteiger partial charge < -0.3 is 19.5 Å². The zero-order chi connectivity index (χ0) is 18.0. The van der Waals surface area contributed by atoms with E-state index in [1.165, 1.54) is 5.56 Å². The van der Waals surface area contributed by atoms with Gasteiger partial charge in [-0.25, -0.2) is 0 Å². The summed E-state index contributed by atoms with van der Waals surface area (Å²) in [5.41, 5.74) is 3.34. The van der Waals surface area contributed by atoms with Crippen LogP contribution in [0, 0.1) is 0 Å². The van der Waals surface area contributed by atoms with Gasteiger partial charge >= 0.3 is 0 Å². The highest BCUT2D eigenvalue weighted by Gasteiger charge is 2.30. The molecule has 0 saturated heterocycles. The van der Waals surface area contributed by atoms with Gasteiger partial charge in [-0.3, -0.25) is 4.79 Å². The summed E-state index contributed by atoms with van der Waals surface area (Å²) < 4.78 is 10.9. The summed E-state index contributed by atoms with van der Waals surface area (Å²) in [4.78, 5) is 14.1. The Balaban J connectivity index is 2.03. The molecule has 5 heteroatoms.